The second kappa shape index (κ2) is 6.79. The molecular formula is C16H25NO. The van der Waals surface area contributed by atoms with Crippen molar-refractivity contribution in [3.8, 4) is 5.75 Å². The summed E-state index contributed by atoms with van der Waals surface area (Å²) in [5.41, 5.74) is 1.06. The maximum atomic E-state index is 9.82. The summed E-state index contributed by atoms with van der Waals surface area (Å²) >= 11 is 0. The molecule has 1 saturated heterocycles. The quantitative estimate of drug-likeness (QED) is 0.875. The lowest BCUT2D eigenvalue weighted by Crippen LogP contribution is -2.24. The molecule has 0 spiro atoms. The van der Waals surface area contributed by atoms with E-state index in [0.29, 0.717) is 5.75 Å². The SMILES string of the molecule is CCCC1CCCN(Cc2ccccc2O)CC1. The van der Waals surface area contributed by atoms with Gasteiger partial charge in [-0.15, -0.1) is 0 Å². The molecule has 2 rings (SSSR count). The van der Waals surface area contributed by atoms with Gasteiger partial charge in [-0.05, 0) is 44.3 Å². The summed E-state index contributed by atoms with van der Waals surface area (Å²) in [7, 11) is 0. The van der Waals surface area contributed by atoms with Crippen molar-refractivity contribution in [1.29, 1.82) is 0 Å². The van der Waals surface area contributed by atoms with Gasteiger partial charge in [-0.25, -0.2) is 0 Å². The zero-order valence-electron chi connectivity index (χ0n) is 11.4. The van der Waals surface area contributed by atoms with Crippen molar-refractivity contribution in [1.82, 2.24) is 4.90 Å². The predicted molar refractivity (Wildman–Crippen MR) is 75.6 cm³/mol. The van der Waals surface area contributed by atoms with E-state index in [1.54, 1.807) is 6.07 Å². The van der Waals surface area contributed by atoms with Crippen molar-refractivity contribution >= 4 is 0 Å². The molecule has 1 atom stereocenters. The predicted octanol–water partition coefficient (Wildman–Crippen LogP) is 3.79. The number of phenols is 1. The largest absolute Gasteiger partial charge is 0.508 e. The summed E-state index contributed by atoms with van der Waals surface area (Å²) in [5.74, 6) is 1.36. The first-order chi connectivity index (χ1) is 8.79. The van der Waals surface area contributed by atoms with Crippen LogP contribution in [0.5, 0.6) is 5.75 Å². The summed E-state index contributed by atoms with van der Waals surface area (Å²) in [6.45, 7) is 5.53. The zero-order chi connectivity index (χ0) is 12.8. The highest BCUT2D eigenvalue weighted by Crippen LogP contribution is 2.24. The van der Waals surface area contributed by atoms with Crippen LogP contribution < -0.4 is 0 Å². The Balaban J connectivity index is 1.89. The van der Waals surface area contributed by atoms with E-state index in [1.807, 2.05) is 18.2 Å². The molecular weight excluding hydrogens is 222 g/mol. The maximum Gasteiger partial charge on any atom is 0.120 e. The minimum Gasteiger partial charge on any atom is -0.508 e. The molecule has 100 valence electrons. The third-order valence-electron chi connectivity index (χ3n) is 4.02. The molecule has 1 fully saturated rings. The Bertz CT molecular complexity index is 364. The first-order valence-electron chi connectivity index (χ1n) is 7.29. The zero-order valence-corrected chi connectivity index (χ0v) is 11.4. The van der Waals surface area contributed by atoms with Gasteiger partial charge in [0.1, 0.15) is 5.75 Å². The standard InChI is InChI=1S/C16H25NO/c1-2-6-14-7-5-11-17(12-10-14)13-15-8-3-4-9-16(15)18/h3-4,8-9,14,18H,2,5-7,10-13H2,1H3. The summed E-state index contributed by atoms with van der Waals surface area (Å²) in [4.78, 5) is 2.49. The van der Waals surface area contributed by atoms with Crippen molar-refractivity contribution < 1.29 is 5.11 Å². The first kappa shape index (κ1) is 13.4. The molecule has 1 unspecified atom stereocenters. The maximum absolute atomic E-state index is 9.82. The van der Waals surface area contributed by atoms with E-state index >= 15 is 0 Å². The van der Waals surface area contributed by atoms with E-state index in [9.17, 15) is 5.11 Å². The number of likely N-dealkylation sites (tertiary alicyclic amines) is 1. The highest BCUT2D eigenvalue weighted by Gasteiger charge is 2.17. The second-order valence-electron chi connectivity index (χ2n) is 5.49. The Morgan fingerprint density at radius 3 is 2.83 bits per heavy atom. The van der Waals surface area contributed by atoms with E-state index < -0.39 is 0 Å². The Morgan fingerprint density at radius 1 is 1.22 bits per heavy atom. The van der Waals surface area contributed by atoms with Gasteiger partial charge in [-0.2, -0.15) is 0 Å². The molecule has 0 aromatic heterocycles. The molecule has 1 aliphatic rings. The molecule has 1 N–H and O–H groups in total. The first-order valence-corrected chi connectivity index (χ1v) is 7.29. The van der Waals surface area contributed by atoms with Crippen LogP contribution in [0, 0.1) is 5.92 Å². The molecule has 0 radical (unpaired) electrons. The number of para-hydroxylation sites is 1. The normalized spacial score (nSPS) is 21.7. The van der Waals surface area contributed by atoms with Crippen molar-refractivity contribution in [3.05, 3.63) is 29.8 Å². The Morgan fingerprint density at radius 2 is 2.06 bits per heavy atom. The summed E-state index contributed by atoms with van der Waals surface area (Å²) in [6.07, 6.45) is 6.69. The number of rotatable bonds is 4. The minimum atomic E-state index is 0.437. The Hall–Kier alpha value is -1.02. The van der Waals surface area contributed by atoms with Crippen LogP contribution in [0.2, 0.25) is 0 Å². The number of phenolic OH excluding ortho intramolecular Hbond substituents is 1. The number of nitrogens with zero attached hydrogens (tertiary/aromatic N) is 1. The van der Waals surface area contributed by atoms with Crippen LogP contribution in [-0.2, 0) is 6.54 Å². The molecule has 0 amide bonds. The van der Waals surface area contributed by atoms with Gasteiger partial charge in [0.25, 0.3) is 0 Å². The molecule has 18 heavy (non-hydrogen) atoms. The van der Waals surface area contributed by atoms with Gasteiger partial charge in [0, 0.05) is 12.1 Å². The molecule has 2 nitrogen and oxygen atoms in total. The number of hydrogen-bond acceptors (Lipinski definition) is 2. The lowest BCUT2D eigenvalue weighted by molar-refractivity contribution is 0.267. The fraction of sp³-hybridized carbons (Fsp3) is 0.625. The van der Waals surface area contributed by atoms with Gasteiger partial charge in [-0.3, -0.25) is 4.90 Å². The average molecular weight is 247 g/mol. The monoisotopic (exact) mass is 247 g/mol. The third-order valence-corrected chi connectivity index (χ3v) is 4.02. The van der Waals surface area contributed by atoms with Gasteiger partial charge in [0.15, 0.2) is 0 Å². The number of aromatic hydroxyl groups is 1. The van der Waals surface area contributed by atoms with Gasteiger partial charge < -0.3 is 5.11 Å². The van der Waals surface area contributed by atoms with E-state index in [1.165, 1.54) is 45.2 Å². The molecule has 1 aliphatic heterocycles. The van der Waals surface area contributed by atoms with E-state index in [2.05, 4.69) is 11.8 Å². The number of hydrogen-bond donors (Lipinski definition) is 1. The van der Waals surface area contributed by atoms with Crippen LogP contribution >= 0.6 is 0 Å². The molecule has 1 aromatic rings. The third kappa shape index (κ3) is 3.74. The van der Waals surface area contributed by atoms with Crippen molar-refractivity contribution in [3.63, 3.8) is 0 Å². The fourth-order valence-corrected chi connectivity index (χ4v) is 2.97. The van der Waals surface area contributed by atoms with Crippen LogP contribution in [0.4, 0.5) is 0 Å². The fourth-order valence-electron chi connectivity index (χ4n) is 2.97. The lowest BCUT2D eigenvalue weighted by Gasteiger charge is -2.20. The van der Waals surface area contributed by atoms with Crippen LogP contribution in [0.1, 0.15) is 44.6 Å². The molecule has 2 heteroatoms. The second-order valence-corrected chi connectivity index (χ2v) is 5.49. The summed E-state index contributed by atoms with van der Waals surface area (Å²) in [6, 6.07) is 7.71. The molecule has 1 aromatic carbocycles. The molecule has 0 saturated carbocycles. The highest BCUT2D eigenvalue weighted by atomic mass is 16.3. The van der Waals surface area contributed by atoms with Gasteiger partial charge in [0.05, 0.1) is 0 Å². The smallest absolute Gasteiger partial charge is 0.120 e. The highest BCUT2D eigenvalue weighted by molar-refractivity contribution is 5.31. The van der Waals surface area contributed by atoms with Crippen LogP contribution in [0.25, 0.3) is 0 Å². The van der Waals surface area contributed by atoms with Crippen molar-refractivity contribution in [2.24, 2.45) is 5.92 Å². The molecule has 0 aliphatic carbocycles. The van der Waals surface area contributed by atoms with E-state index in [0.717, 1.165) is 18.0 Å². The van der Waals surface area contributed by atoms with Crippen LogP contribution in [0.15, 0.2) is 24.3 Å². The summed E-state index contributed by atoms with van der Waals surface area (Å²) in [5, 5.41) is 9.82. The average Bonchev–Trinajstić information content (AvgIpc) is 2.59. The van der Waals surface area contributed by atoms with Gasteiger partial charge in [-0.1, -0.05) is 38.0 Å². The minimum absolute atomic E-state index is 0.437. The van der Waals surface area contributed by atoms with Gasteiger partial charge >= 0.3 is 0 Å². The molecule has 0 bridgehead atoms. The van der Waals surface area contributed by atoms with E-state index in [-0.39, 0.29) is 0 Å². The number of benzene rings is 1. The summed E-state index contributed by atoms with van der Waals surface area (Å²) < 4.78 is 0. The van der Waals surface area contributed by atoms with E-state index in [4.69, 9.17) is 0 Å². The van der Waals surface area contributed by atoms with Gasteiger partial charge in [0.2, 0.25) is 0 Å². The topological polar surface area (TPSA) is 23.5 Å². The Labute approximate surface area is 111 Å². The van der Waals surface area contributed by atoms with Crippen LogP contribution in [-0.4, -0.2) is 23.1 Å². The van der Waals surface area contributed by atoms with Crippen LogP contribution in [0.3, 0.4) is 0 Å². The van der Waals surface area contributed by atoms with Crippen molar-refractivity contribution in [2.75, 3.05) is 13.1 Å². The van der Waals surface area contributed by atoms with Crippen molar-refractivity contribution in [2.45, 2.75) is 45.6 Å². The Kier molecular flexibility index (Phi) is 5.06. The lowest BCUT2D eigenvalue weighted by atomic mass is 9.96. The molecule has 1 heterocycles.